The third-order valence-corrected chi connectivity index (χ3v) is 4.89. The van der Waals surface area contributed by atoms with Crippen molar-refractivity contribution in [2.45, 2.75) is 13.0 Å². The van der Waals surface area contributed by atoms with Crippen molar-refractivity contribution >= 4 is 42.1 Å². The minimum Gasteiger partial charge on any atom is -0.454 e. The molecule has 1 aromatic heterocycles. The molecule has 1 unspecified atom stereocenters. The number of ether oxygens (including phenoxy) is 2. The second-order valence-electron chi connectivity index (χ2n) is 5.71. The van der Waals surface area contributed by atoms with E-state index in [0.29, 0.717) is 11.7 Å². The molecule has 1 aromatic carbocycles. The Bertz CT molecular complexity index is 756. The Morgan fingerprint density at radius 2 is 2.12 bits per heavy atom. The molecule has 0 bridgehead atoms. The van der Waals surface area contributed by atoms with Crippen LogP contribution in [0, 0.1) is 0 Å². The van der Waals surface area contributed by atoms with Crippen LogP contribution in [0.25, 0.3) is 10.6 Å². The third-order valence-electron chi connectivity index (χ3n) is 4.00. The van der Waals surface area contributed by atoms with Gasteiger partial charge in [-0.1, -0.05) is 0 Å². The third kappa shape index (κ3) is 4.00. The Kier molecular flexibility index (Phi) is 6.51. The van der Waals surface area contributed by atoms with E-state index in [1.807, 2.05) is 28.5 Å². The van der Waals surface area contributed by atoms with Gasteiger partial charge in [-0.25, -0.2) is 4.98 Å². The van der Waals surface area contributed by atoms with E-state index in [-0.39, 0.29) is 37.5 Å². The van der Waals surface area contributed by atoms with Crippen molar-refractivity contribution in [1.29, 1.82) is 0 Å². The van der Waals surface area contributed by atoms with E-state index in [9.17, 15) is 4.79 Å². The number of benzene rings is 1. The van der Waals surface area contributed by atoms with E-state index < -0.39 is 0 Å². The first-order valence-electron chi connectivity index (χ1n) is 7.59. The van der Waals surface area contributed by atoms with Crippen LogP contribution >= 0.6 is 36.2 Å². The van der Waals surface area contributed by atoms with E-state index in [1.165, 1.54) is 11.3 Å². The van der Waals surface area contributed by atoms with Crippen molar-refractivity contribution in [1.82, 2.24) is 15.2 Å². The predicted molar refractivity (Wildman–Crippen MR) is 102 cm³/mol. The highest BCUT2D eigenvalue weighted by atomic mass is 35.5. The van der Waals surface area contributed by atoms with Crippen molar-refractivity contribution in [3.8, 4) is 22.1 Å². The fraction of sp³-hybridized carbons (Fsp3) is 0.375. The topological polar surface area (TPSA) is 63.7 Å². The van der Waals surface area contributed by atoms with Gasteiger partial charge in [0, 0.05) is 36.6 Å². The minimum atomic E-state index is 0. The zero-order chi connectivity index (χ0) is 15.8. The smallest absolute Gasteiger partial charge is 0.273 e. The predicted octanol–water partition coefficient (Wildman–Crippen LogP) is 2.82. The van der Waals surface area contributed by atoms with E-state index in [0.717, 1.165) is 41.7 Å². The molecular formula is C16H19Cl2N3O3S. The summed E-state index contributed by atoms with van der Waals surface area (Å²) in [5.41, 5.74) is 1.45. The summed E-state index contributed by atoms with van der Waals surface area (Å²) in [6.45, 7) is 4.60. The number of hydrogen-bond donors (Lipinski definition) is 1. The zero-order valence-corrected chi connectivity index (χ0v) is 16.0. The average molecular weight is 404 g/mol. The Labute approximate surface area is 162 Å². The molecule has 6 nitrogen and oxygen atoms in total. The molecular weight excluding hydrogens is 385 g/mol. The summed E-state index contributed by atoms with van der Waals surface area (Å²) in [5, 5.41) is 5.98. The maximum absolute atomic E-state index is 12.6. The molecule has 2 aliphatic heterocycles. The Balaban J connectivity index is 0.00000113. The standard InChI is InChI=1S/C16H17N3O3S.2ClH/c1-10-7-19(5-4-17-10)16(20)12-8-23-15(18-12)11-2-3-13-14(6-11)22-9-21-13;;/h2-3,6,8,10,17H,4-5,7,9H2,1H3;2*1H. The molecule has 1 fully saturated rings. The molecule has 1 saturated heterocycles. The number of aromatic nitrogens is 1. The van der Waals surface area contributed by atoms with Crippen molar-refractivity contribution in [2.75, 3.05) is 26.4 Å². The number of halogens is 2. The van der Waals surface area contributed by atoms with Gasteiger partial charge in [0.1, 0.15) is 10.7 Å². The molecule has 136 valence electrons. The van der Waals surface area contributed by atoms with Crippen LogP contribution in [-0.4, -0.2) is 48.3 Å². The average Bonchev–Trinajstić information content (AvgIpc) is 3.22. The Morgan fingerprint density at radius 1 is 1.32 bits per heavy atom. The lowest BCUT2D eigenvalue weighted by molar-refractivity contribution is 0.0704. The van der Waals surface area contributed by atoms with Crippen molar-refractivity contribution < 1.29 is 14.3 Å². The molecule has 0 saturated carbocycles. The van der Waals surface area contributed by atoms with Gasteiger partial charge in [0.15, 0.2) is 11.5 Å². The highest BCUT2D eigenvalue weighted by molar-refractivity contribution is 7.13. The highest BCUT2D eigenvalue weighted by Gasteiger charge is 2.24. The first-order chi connectivity index (χ1) is 11.2. The number of thiazole rings is 1. The van der Waals surface area contributed by atoms with E-state index in [2.05, 4.69) is 17.2 Å². The molecule has 1 amide bonds. The second-order valence-corrected chi connectivity index (χ2v) is 6.57. The largest absolute Gasteiger partial charge is 0.454 e. The summed E-state index contributed by atoms with van der Waals surface area (Å²) in [6, 6.07) is 6.04. The number of fused-ring (bicyclic) bond motifs is 1. The number of rotatable bonds is 2. The van der Waals surface area contributed by atoms with Crippen LogP contribution in [-0.2, 0) is 0 Å². The fourth-order valence-electron chi connectivity index (χ4n) is 2.81. The summed E-state index contributed by atoms with van der Waals surface area (Å²) in [5.74, 6) is 1.47. The molecule has 9 heteroatoms. The van der Waals surface area contributed by atoms with Crippen LogP contribution in [0.1, 0.15) is 17.4 Å². The van der Waals surface area contributed by atoms with Gasteiger partial charge in [-0.3, -0.25) is 4.79 Å². The highest BCUT2D eigenvalue weighted by Crippen LogP contribution is 2.36. The molecule has 3 heterocycles. The first-order valence-corrected chi connectivity index (χ1v) is 8.47. The molecule has 2 aliphatic rings. The molecule has 0 radical (unpaired) electrons. The molecule has 1 N–H and O–H groups in total. The van der Waals surface area contributed by atoms with Crippen molar-refractivity contribution in [2.24, 2.45) is 0 Å². The van der Waals surface area contributed by atoms with Crippen LogP contribution < -0.4 is 14.8 Å². The quantitative estimate of drug-likeness (QED) is 0.834. The van der Waals surface area contributed by atoms with Gasteiger partial charge in [-0.2, -0.15) is 0 Å². The van der Waals surface area contributed by atoms with E-state index in [1.54, 1.807) is 0 Å². The SMILES string of the molecule is CC1CN(C(=O)c2csc(-c3ccc4c(c3)OCO4)n2)CCN1.Cl.Cl. The van der Waals surface area contributed by atoms with Crippen LogP contribution in [0.15, 0.2) is 23.6 Å². The number of piperazine rings is 1. The van der Waals surface area contributed by atoms with Gasteiger partial charge in [0.2, 0.25) is 6.79 Å². The van der Waals surface area contributed by atoms with Gasteiger partial charge in [0.25, 0.3) is 5.91 Å². The molecule has 25 heavy (non-hydrogen) atoms. The van der Waals surface area contributed by atoms with E-state index in [4.69, 9.17) is 9.47 Å². The normalized spacial score (nSPS) is 18.3. The van der Waals surface area contributed by atoms with Crippen molar-refractivity contribution in [3.63, 3.8) is 0 Å². The van der Waals surface area contributed by atoms with Crippen LogP contribution in [0.3, 0.4) is 0 Å². The Morgan fingerprint density at radius 3 is 2.92 bits per heavy atom. The number of carbonyl (C=O) groups is 1. The van der Waals surface area contributed by atoms with Gasteiger partial charge >= 0.3 is 0 Å². The van der Waals surface area contributed by atoms with E-state index >= 15 is 0 Å². The van der Waals surface area contributed by atoms with Crippen LogP contribution in [0.2, 0.25) is 0 Å². The maximum atomic E-state index is 12.6. The van der Waals surface area contributed by atoms with Gasteiger partial charge < -0.3 is 19.7 Å². The number of nitrogens with one attached hydrogen (secondary N) is 1. The molecule has 0 spiro atoms. The number of hydrogen-bond acceptors (Lipinski definition) is 6. The first kappa shape index (κ1) is 19.8. The fourth-order valence-corrected chi connectivity index (χ4v) is 3.60. The molecule has 4 rings (SSSR count). The maximum Gasteiger partial charge on any atom is 0.273 e. The molecule has 0 aliphatic carbocycles. The van der Waals surface area contributed by atoms with Gasteiger partial charge in [-0.15, -0.1) is 36.2 Å². The lowest BCUT2D eigenvalue weighted by Gasteiger charge is -2.31. The number of amides is 1. The molecule has 1 atom stereocenters. The van der Waals surface area contributed by atoms with Crippen LogP contribution in [0.4, 0.5) is 0 Å². The lowest BCUT2D eigenvalue weighted by atomic mass is 10.2. The van der Waals surface area contributed by atoms with Gasteiger partial charge in [0.05, 0.1) is 0 Å². The number of carbonyl (C=O) groups excluding carboxylic acids is 1. The summed E-state index contributed by atoms with van der Waals surface area (Å²) in [6.07, 6.45) is 0. The van der Waals surface area contributed by atoms with Crippen molar-refractivity contribution in [3.05, 3.63) is 29.3 Å². The number of nitrogens with zero attached hydrogens (tertiary/aromatic N) is 2. The lowest BCUT2D eigenvalue weighted by Crippen LogP contribution is -2.51. The molecule has 2 aromatic rings. The Hall–Kier alpha value is -1.54. The summed E-state index contributed by atoms with van der Waals surface area (Å²) in [4.78, 5) is 19.0. The van der Waals surface area contributed by atoms with Gasteiger partial charge in [-0.05, 0) is 25.1 Å². The van der Waals surface area contributed by atoms with Crippen LogP contribution in [0.5, 0.6) is 11.5 Å². The summed E-state index contributed by atoms with van der Waals surface area (Å²) in [7, 11) is 0. The summed E-state index contributed by atoms with van der Waals surface area (Å²) < 4.78 is 10.7. The summed E-state index contributed by atoms with van der Waals surface area (Å²) >= 11 is 1.47. The second kappa shape index (κ2) is 8.23. The monoisotopic (exact) mass is 403 g/mol. The zero-order valence-electron chi connectivity index (χ0n) is 13.6. The minimum absolute atomic E-state index is 0.